The molecule has 4 nitrogen and oxygen atoms in total. The van der Waals surface area contributed by atoms with Gasteiger partial charge in [0, 0.05) is 34.1 Å². The first kappa shape index (κ1) is 16.5. The molecule has 128 valence electrons. The number of aromatic nitrogens is 2. The summed E-state index contributed by atoms with van der Waals surface area (Å²) in [5.41, 5.74) is 3.00. The zero-order chi connectivity index (χ0) is 17.9. The van der Waals surface area contributed by atoms with Gasteiger partial charge in [0.25, 0.3) is 0 Å². The maximum absolute atomic E-state index is 10.8. The highest BCUT2D eigenvalue weighted by atomic mass is 35.5. The Balaban J connectivity index is 1.77. The molecule has 0 aliphatic carbocycles. The summed E-state index contributed by atoms with van der Waals surface area (Å²) in [7, 11) is 0. The van der Waals surface area contributed by atoms with Crippen LogP contribution in [0.2, 0.25) is 5.02 Å². The Morgan fingerprint density at radius 1 is 0.885 bits per heavy atom. The lowest BCUT2D eigenvalue weighted by atomic mass is 9.97. The minimum atomic E-state index is -0.881. The largest absolute Gasteiger partial charge is 0.456 e. The fourth-order valence-corrected chi connectivity index (χ4v) is 3.02. The Morgan fingerprint density at radius 3 is 2.38 bits per heavy atom. The minimum absolute atomic E-state index is 0.568. The van der Waals surface area contributed by atoms with Crippen molar-refractivity contribution in [1.82, 2.24) is 9.97 Å². The average molecular weight is 363 g/mol. The molecule has 0 radical (unpaired) electrons. The van der Waals surface area contributed by atoms with Gasteiger partial charge in [0.1, 0.15) is 24.0 Å². The SMILES string of the molecule is OC(c1cncnc1)c1ccc(Cl)cc1-c1ccc(-c2ccccc2)o1. The van der Waals surface area contributed by atoms with Gasteiger partial charge in [0.05, 0.1) is 0 Å². The fraction of sp³-hybridized carbons (Fsp3) is 0.0476. The molecule has 26 heavy (non-hydrogen) atoms. The Hall–Kier alpha value is -2.95. The summed E-state index contributed by atoms with van der Waals surface area (Å²) in [5.74, 6) is 1.39. The van der Waals surface area contributed by atoms with Crippen LogP contribution in [-0.2, 0) is 0 Å². The van der Waals surface area contributed by atoms with Crippen LogP contribution in [0.15, 0.2) is 83.8 Å². The molecule has 0 bridgehead atoms. The van der Waals surface area contributed by atoms with Crippen molar-refractivity contribution >= 4 is 11.6 Å². The van der Waals surface area contributed by atoms with E-state index in [0.717, 1.165) is 16.9 Å². The van der Waals surface area contributed by atoms with E-state index in [0.29, 0.717) is 21.9 Å². The van der Waals surface area contributed by atoms with E-state index >= 15 is 0 Å². The highest BCUT2D eigenvalue weighted by molar-refractivity contribution is 6.30. The molecule has 4 rings (SSSR count). The van der Waals surface area contributed by atoms with E-state index in [1.807, 2.05) is 42.5 Å². The van der Waals surface area contributed by atoms with Crippen LogP contribution >= 0.6 is 11.6 Å². The van der Waals surface area contributed by atoms with E-state index in [9.17, 15) is 5.11 Å². The van der Waals surface area contributed by atoms with Gasteiger partial charge in [-0.3, -0.25) is 0 Å². The summed E-state index contributed by atoms with van der Waals surface area (Å²) in [5, 5.41) is 11.4. The maximum atomic E-state index is 10.8. The molecule has 0 saturated carbocycles. The number of furan rings is 1. The average Bonchev–Trinajstić information content (AvgIpc) is 3.19. The summed E-state index contributed by atoms with van der Waals surface area (Å²) in [6.07, 6.45) is 3.73. The fourth-order valence-electron chi connectivity index (χ4n) is 2.85. The Bertz CT molecular complexity index is 1020. The van der Waals surface area contributed by atoms with Crippen molar-refractivity contribution in [3.8, 4) is 22.6 Å². The van der Waals surface area contributed by atoms with Gasteiger partial charge >= 0.3 is 0 Å². The Labute approximate surface area is 155 Å². The van der Waals surface area contributed by atoms with Gasteiger partial charge in [-0.25, -0.2) is 9.97 Å². The van der Waals surface area contributed by atoms with Gasteiger partial charge in [0.2, 0.25) is 0 Å². The third kappa shape index (κ3) is 3.25. The third-order valence-corrected chi connectivity index (χ3v) is 4.37. The lowest BCUT2D eigenvalue weighted by Crippen LogP contribution is -2.02. The highest BCUT2D eigenvalue weighted by Crippen LogP contribution is 2.36. The van der Waals surface area contributed by atoms with Crippen molar-refractivity contribution in [1.29, 1.82) is 0 Å². The van der Waals surface area contributed by atoms with E-state index in [4.69, 9.17) is 16.0 Å². The zero-order valence-electron chi connectivity index (χ0n) is 13.7. The smallest absolute Gasteiger partial charge is 0.135 e. The number of nitrogens with zero attached hydrogens (tertiary/aromatic N) is 2. The van der Waals surface area contributed by atoms with Crippen LogP contribution < -0.4 is 0 Å². The molecule has 0 aliphatic rings. The Morgan fingerprint density at radius 2 is 1.62 bits per heavy atom. The lowest BCUT2D eigenvalue weighted by Gasteiger charge is -2.14. The summed E-state index contributed by atoms with van der Waals surface area (Å²) in [4.78, 5) is 7.95. The van der Waals surface area contributed by atoms with Gasteiger partial charge in [-0.05, 0) is 29.8 Å². The molecular weight excluding hydrogens is 348 g/mol. The van der Waals surface area contributed by atoms with Crippen LogP contribution in [0.4, 0.5) is 0 Å². The number of hydrogen-bond donors (Lipinski definition) is 1. The zero-order valence-corrected chi connectivity index (χ0v) is 14.5. The van der Waals surface area contributed by atoms with Crippen molar-refractivity contribution < 1.29 is 9.52 Å². The lowest BCUT2D eigenvalue weighted by molar-refractivity contribution is 0.219. The van der Waals surface area contributed by atoms with Gasteiger partial charge in [-0.15, -0.1) is 0 Å². The van der Waals surface area contributed by atoms with Crippen LogP contribution in [0, 0.1) is 0 Å². The van der Waals surface area contributed by atoms with Crippen LogP contribution in [0.5, 0.6) is 0 Å². The molecule has 1 unspecified atom stereocenters. The predicted molar refractivity (Wildman–Crippen MR) is 101 cm³/mol. The maximum Gasteiger partial charge on any atom is 0.135 e. The van der Waals surface area contributed by atoms with Gasteiger partial charge < -0.3 is 9.52 Å². The van der Waals surface area contributed by atoms with Crippen molar-refractivity contribution in [2.24, 2.45) is 0 Å². The van der Waals surface area contributed by atoms with E-state index in [1.165, 1.54) is 6.33 Å². The number of aliphatic hydroxyl groups is 1. The van der Waals surface area contributed by atoms with Crippen molar-refractivity contribution in [3.63, 3.8) is 0 Å². The summed E-state index contributed by atoms with van der Waals surface area (Å²) in [6, 6.07) is 19.0. The molecule has 2 heterocycles. The standard InChI is InChI=1S/C21H15ClN2O2/c22-16-6-7-17(21(25)15-11-23-13-24-12-15)18(10-16)20-9-8-19(26-20)14-4-2-1-3-5-14/h1-13,21,25H. The summed E-state index contributed by atoms with van der Waals surface area (Å²) < 4.78 is 6.04. The first-order valence-electron chi connectivity index (χ1n) is 8.10. The molecular formula is C21H15ClN2O2. The van der Waals surface area contributed by atoms with Gasteiger partial charge in [0.15, 0.2) is 0 Å². The van der Waals surface area contributed by atoms with Gasteiger partial charge in [-0.1, -0.05) is 48.0 Å². The molecule has 1 atom stereocenters. The van der Waals surface area contributed by atoms with Gasteiger partial charge in [-0.2, -0.15) is 0 Å². The number of rotatable bonds is 4. The molecule has 2 aromatic heterocycles. The minimum Gasteiger partial charge on any atom is -0.456 e. The number of benzene rings is 2. The van der Waals surface area contributed by atoms with E-state index < -0.39 is 6.10 Å². The molecule has 0 fully saturated rings. The third-order valence-electron chi connectivity index (χ3n) is 4.14. The second-order valence-electron chi connectivity index (χ2n) is 5.84. The van der Waals surface area contributed by atoms with Crippen LogP contribution in [0.25, 0.3) is 22.6 Å². The molecule has 4 aromatic rings. The molecule has 5 heteroatoms. The Kier molecular flexibility index (Phi) is 4.52. The van der Waals surface area contributed by atoms with E-state index in [2.05, 4.69) is 9.97 Å². The highest BCUT2D eigenvalue weighted by Gasteiger charge is 2.19. The van der Waals surface area contributed by atoms with Crippen LogP contribution in [-0.4, -0.2) is 15.1 Å². The molecule has 0 spiro atoms. The van der Waals surface area contributed by atoms with Crippen LogP contribution in [0.1, 0.15) is 17.2 Å². The van der Waals surface area contributed by atoms with Crippen molar-refractivity contribution in [2.45, 2.75) is 6.10 Å². The summed E-state index contributed by atoms with van der Waals surface area (Å²) >= 11 is 6.19. The van der Waals surface area contributed by atoms with E-state index in [1.54, 1.807) is 30.6 Å². The monoisotopic (exact) mass is 362 g/mol. The normalized spacial score (nSPS) is 12.1. The molecule has 1 N–H and O–H groups in total. The first-order chi connectivity index (χ1) is 12.7. The van der Waals surface area contributed by atoms with Crippen molar-refractivity contribution in [3.05, 3.63) is 95.5 Å². The first-order valence-corrected chi connectivity index (χ1v) is 8.48. The quantitative estimate of drug-likeness (QED) is 0.546. The number of hydrogen-bond acceptors (Lipinski definition) is 4. The van der Waals surface area contributed by atoms with Crippen molar-refractivity contribution in [2.75, 3.05) is 0 Å². The van der Waals surface area contributed by atoms with Crippen LogP contribution in [0.3, 0.4) is 0 Å². The van der Waals surface area contributed by atoms with E-state index in [-0.39, 0.29) is 0 Å². The second kappa shape index (κ2) is 7.12. The predicted octanol–water partition coefficient (Wildman–Crippen LogP) is 5.14. The molecule has 0 amide bonds. The number of aliphatic hydroxyl groups excluding tert-OH is 1. The molecule has 2 aromatic carbocycles. The summed E-state index contributed by atoms with van der Waals surface area (Å²) in [6.45, 7) is 0. The topological polar surface area (TPSA) is 59.2 Å². The molecule has 0 saturated heterocycles. The second-order valence-corrected chi connectivity index (χ2v) is 6.27. The molecule has 0 aliphatic heterocycles. The number of halogens is 1.